The minimum Gasteiger partial charge on any atom is -0.396 e. The number of aliphatic hydroxyl groups is 1. The van der Waals surface area contributed by atoms with E-state index >= 15 is 0 Å². The zero-order chi connectivity index (χ0) is 6.99. The molecule has 0 aliphatic rings. The van der Waals surface area contributed by atoms with E-state index < -0.39 is 0 Å². The maximum Gasteiger partial charge on any atom is 0.0453 e. The maximum atomic E-state index is 8.69. The van der Waals surface area contributed by atoms with Crippen molar-refractivity contribution in [2.45, 2.75) is 13.8 Å². The number of hydrogen-bond donors (Lipinski definition) is 1. The standard InChI is InChI=1S/C4H10O.C2H3O.ClH.Zn/c1-4(2)3-5;1-2-3;;/h4-5H,3H2,1-2H3;2H,1H2;1H;/q;-1;;. The van der Waals surface area contributed by atoms with E-state index in [0.717, 1.165) is 0 Å². The van der Waals surface area contributed by atoms with Crippen LogP contribution >= 0.6 is 12.4 Å². The van der Waals surface area contributed by atoms with Crippen molar-refractivity contribution in [3.63, 3.8) is 0 Å². The van der Waals surface area contributed by atoms with Crippen LogP contribution in [0.4, 0.5) is 0 Å². The Morgan fingerprint density at radius 3 is 1.70 bits per heavy atom. The zero-order valence-electron chi connectivity index (χ0n) is 6.54. The van der Waals surface area contributed by atoms with Gasteiger partial charge >= 0.3 is 0 Å². The van der Waals surface area contributed by atoms with Gasteiger partial charge < -0.3 is 16.8 Å². The van der Waals surface area contributed by atoms with Crippen molar-refractivity contribution in [3.8, 4) is 0 Å². The summed E-state index contributed by atoms with van der Waals surface area (Å²) in [5.41, 5.74) is 0. The third-order valence-corrected chi connectivity index (χ3v) is 0.365. The molecule has 0 aromatic carbocycles. The normalized spacial score (nSPS) is 6.00. The van der Waals surface area contributed by atoms with Gasteiger partial charge in [-0.25, -0.2) is 0 Å². The second-order valence-corrected chi connectivity index (χ2v) is 1.74. The smallest absolute Gasteiger partial charge is 0.0453 e. The Kier molecular flexibility index (Phi) is 51.0. The Bertz CT molecular complexity index is 51.0. The summed E-state index contributed by atoms with van der Waals surface area (Å²) in [6, 6.07) is 0. The molecular weight excluding hydrogens is 205 g/mol. The van der Waals surface area contributed by atoms with Crippen molar-refractivity contribution in [3.05, 3.63) is 6.92 Å². The van der Waals surface area contributed by atoms with E-state index in [1.807, 2.05) is 13.8 Å². The third-order valence-electron chi connectivity index (χ3n) is 0.365. The van der Waals surface area contributed by atoms with E-state index in [1.165, 1.54) is 0 Å². The molecule has 60 valence electrons. The molecule has 10 heavy (non-hydrogen) atoms. The average Bonchev–Trinajstić information content (AvgIpc) is 1.69. The van der Waals surface area contributed by atoms with Crippen LogP contribution in [-0.4, -0.2) is 18.0 Å². The van der Waals surface area contributed by atoms with Crippen molar-refractivity contribution in [1.82, 2.24) is 0 Å². The molecule has 0 amide bonds. The first-order chi connectivity index (χ1) is 3.68. The Morgan fingerprint density at radius 1 is 1.60 bits per heavy atom. The fourth-order valence-electron chi connectivity index (χ4n) is 0. The van der Waals surface area contributed by atoms with Gasteiger partial charge in [0.1, 0.15) is 0 Å². The van der Waals surface area contributed by atoms with Gasteiger partial charge in [-0.15, -0.1) is 12.4 Å². The van der Waals surface area contributed by atoms with E-state index in [-0.39, 0.29) is 31.9 Å². The Morgan fingerprint density at radius 2 is 1.70 bits per heavy atom. The van der Waals surface area contributed by atoms with Crippen LogP contribution in [0, 0.1) is 12.8 Å². The van der Waals surface area contributed by atoms with Crippen LogP contribution in [0.25, 0.3) is 0 Å². The average molecular weight is 219 g/mol. The molecule has 0 aliphatic heterocycles. The van der Waals surface area contributed by atoms with Crippen LogP contribution in [0.5, 0.6) is 0 Å². The largest absolute Gasteiger partial charge is 0.396 e. The fourth-order valence-corrected chi connectivity index (χ4v) is 0. The summed E-state index contributed by atoms with van der Waals surface area (Å²) >= 11 is 0. The second kappa shape index (κ2) is 22.7. The molecule has 0 aliphatic carbocycles. The third kappa shape index (κ3) is 79.4. The maximum absolute atomic E-state index is 8.69. The van der Waals surface area contributed by atoms with Gasteiger partial charge in [0.2, 0.25) is 0 Å². The summed E-state index contributed by atoms with van der Waals surface area (Å²) in [4.78, 5) is 8.69. The van der Waals surface area contributed by atoms with E-state index in [9.17, 15) is 0 Å². The van der Waals surface area contributed by atoms with E-state index in [2.05, 4.69) is 6.92 Å². The molecule has 0 spiro atoms. The first-order valence-electron chi connectivity index (χ1n) is 2.52. The number of carbonyl (C=O) groups is 1. The minimum atomic E-state index is 0. The summed E-state index contributed by atoms with van der Waals surface area (Å²) in [7, 11) is 0. The first-order valence-corrected chi connectivity index (χ1v) is 2.52. The zero-order valence-corrected chi connectivity index (χ0v) is 10.3. The van der Waals surface area contributed by atoms with E-state index in [0.29, 0.717) is 18.8 Å². The van der Waals surface area contributed by atoms with Gasteiger partial charge in [-0.05, 0) is 12.2 Å². The first kappa shape index (κ1) is 22.4. The molecule has 0 saturated carbocycles. The summed E-state index contributed by atoms with van der Waals surface area (Å²) < 4.78 is 0. The molecule has 0 unspecified atom stereocenters. The molecule has 1 N–H and O–H groups in total. The van der Waals surface area contributed by atoms with Gasteiger partial charge in [0.05, 0.1) is 0 Å². The molecule has 0 aromatic rings. The molecule has 0 rings (SSSR count). The van der Waals surface area contributed by atoms with Crippen molar-refractivity contribution in [2.75, 3.05) is 6.61 Å². The monoisotopic (exact) mass is 217 g/mol. The van der Waals surface area contributed by atoms with Crippen LogP contribution in [-0.2, 0) is 24.3 Å². The molecule has 4 heteroatoms. The molecule has 0 aromatic heterocycles. The number of aldehydes is 1. The Labute approximate surface area is 81.6 Å². The number of carbonyl (C=O) groups excluding carboxylic acids is 1. The fraction of sp³-hybridized carbons (Fsp3) is 0.667. The van der Waals surface area contributed by atoms with Crippen LogP contribution in [0.15, 0.2) is 0 Å². The molecule has 0 heterocycles. The van der Waals surface area contributed by atoms with Gasteiger partial charge in [0.25, 0.3) is 0 Å². The summed E-state index contributed by atoms with van der Waals surface area (Å²) in [5.74, 6) is 0.440. The molecule has 0 radical (unpaired) electrons. The van der Waals surface area contributed by atoms with Gasteiger partial charge in [-0.2, -0.15) is 0 Å². The molecule has 0 saturated heterocycles. The Balaban J connectivity index is -0.0000000326. The number of aliphatic hydroxyl groups excluding tert-OH is 1. The van der Waals surface area contributed by atoms with Crippen LogP contribution < -0.4 is 0 Å². The summed E-state index contributed by atoms with van der Waals surface area (Å²) in [6.07, 6.45) is 0.500. The summed E-state index contributed by atoms with van der Waals surface area (Å²) in [6.45, 7) is 7.06. The summed E-state index contributed by atoms with van der Waals surface area (Å²) in [5, 5.41) is 8.14. The topological polar surface area (TPSA) is 37.3 Å². The van der Waals surface area contributed by atoms with E-state index in [4.69, 9.17) is 9.90 Å². The molecule has 2 nitrogen and oxygen atoms in total. The number of halogens is 1. The second-order valence-electron chi connectivity index (χ2n) is 1.74. The van der Waals surface area contributed by atoms with Gasteiger partial charge in [0, 0.05) is 26.1 Å². The van der Waals surface area contributed by atoms with Crippen molar-refractivity contribution >= 4 is 18.7 Å². The quantitative estimate of drug-likeness (QED) is 0.407. The van der Waals surface area contributed by atoms with Gasteiger partial charge in [-0.1, -0.05) is 13.8 Å². The molecule has 0 fully saturated rings. The van der Waals surface area contributed by atoms with Crippen molar-refractivity contribution in [2.24, 2.45) is 5.92 Å². The van der Waals surface area contributed by atoms with Crippen LogP contribution in [0.2, 0.25) is 0 Å². The van der Waals surface area contributed by atoms with Crippen molar-refractivity contribution in [1.29, 1.82) is 0 Å². The van der Waals surface area contributed by atoms with E-state index in [1.54, 1.807) is 0 Å². The van der Waals surface area contributed by atoms with Crippen molar-refractivity contribution < 1.29 is 29.4 Å². The Hall–Kier alpha value is 0.413. The molecular formula is C6H14ClO2Zn-. The molecule has 0 bridgehead atoms. The predicted molar refractivity (Wildman–Crippen MR) is 40.6 cm³/mol. The van der Waals surface area contributed by atoms with Crippen LogP contribution in [0.3, 0.4) is 0 Å². The number of rotatable bonds is 1. The van der Waals surface area contributed by atoms with Gasteiger partial charge in [0.15, 0.2) is 0 Å². The van der Waals surface area contributed by atoms with Gasteiger partial charge in [-0.3, -0.25) is 0 Å². The van der Waals surface area contributed by atoms with Crippen LogP contribution in [0.1, 0.15) is 13.8 Å². The SMILES string of the molecule is CC(C)CO.Cl.[CH2-]C=O.[Zn]. The minimum absolute atomic E-state index is 0. The molecule has 0 atom stereocenters. The predicted octanol–water partition coefficient (Wildman–Crippen LogP) is 1.07. The number of hydrogen-bond acceptors (Lipinski definition) is 2.